The quantitative estimate of drug-likeness (QED) is 0.563. The number of nitrogens with two attached hydrogens (primary N) is 1. The molecule has 4 nitrogen and oxygen atoms in total. The van der Waals surface area contributed by atoms with E-state index >= 15 is 0 Å². The van der Waals surface area contributed by atoms with Crippen LogP contribution in [0.5, 0.6) is 0 Å². The van der Waals surface area contributed by atoms with Crippen LogP contribution in [-0.4, -0.2) is 4.98 Å². The molecule has 3 N–H and O–H groups in total. The van der Waals surface area contributed by atoms with Crippen molar-refractivity contribution in [3.8, 4) is 0 Å². The van der Waals surface area contributed by atoms with Gasteiger partial charge in [0.15, 0.2) is 0 Å². The number of nitrogens with one attached hydrogen (secondary N) is 1. The third-order valence-corrected chi connectivity index (χ3v) is 3.53. The van der Waals surface area contributed by atoms with Crippen LogP contribution in [0, 0.1) is 0 Å². The monoisotopic (exact) mass is 267 g/mol. The number of aryl methyl sites for hydroxylation is 1. The second-order valence-electron chi connectivity index (χ2n) is 4.71. The van der Waals surface area contributed by atoms with E-state index in [9.17, 15) is 0 Å². The van der Waals surface area contributed by atoms with Gasteiger partial charge in [-0.3, -0.25) is 10.8 Å². The minimum absolute atomic E-state index is 0.166. The maximum absolute atomic E-state index is 5.91. The Morgan fingerprint density at radius 1 is 1.30 bits per heavy atom. The van der Waals surface area contributed by atoms with Gasteiger partial charge in [-0.05, 0) is 35.7 Å². The average Bonchev–Trinajstić information content (AvgIpc) is 2.92. The first-order valence-electron chi connectivity index (χ1n) is 6.71. The van der Waals surface area contributed by atoms with Gasteiger partial charge in [0.1, 0.15) is 17.4 Å². The Hall–Kier alpha value is -2.17. The van der Waals surface area contributed by atoms with Crippen molar-refractivity contribution in [2.75, 3.05) is 0 Å². The molecule has 0 aliphatic carbocycles. The Balaban J connectivity index is 2.09. The van der Waals surface area contributed by atoms with E-state index in [1.807, 2.05) is 42.6 Å². The van der Waals surface area contributed by atoms with Crippen molar-refractivity contribution in [2.45, 2.75) is 19.4 Å². The topological polar surface area (TPSA) is 64.1 Å². The van der Waals surface area contributed by atoms with Crippen LogP contribution in [0.1, 0.15) is 29.9 Å². The van der Waals surface area contributed by atoms with Gasteiger partial charge in [-0.25, -0.2) is 5.43 Å². The number of aromatic nitrogens is 1. The van der Waals surface area contributed by atoms with Crippen LogP contribution < -0.4 is 11.3 Å². The van der Waals surface area contributed by atoms with Crippen molar-refractivity contribution in [1.82, 2.24) is 10.4 Å². The summed E-state index contributed by atoms with van der Waals surface area (Å²) < 4.78 is 5.91. The summed E-state index contributed by atoms with van der Waals surface area (Å²) in [7, 11) is 0. The highest BCUT2D eigenvalue weighted by Crippen LogP contribution is 2.29. The zero-order valence-corrected chi connectivity index (χ0v) is 11.3. The van der Waals surface area contributed by atoms with Crippen molar-refractivity contribution in [3.63, 3.8) is 0 Å². The number of fused-ring (bicyclic) bond motifs is 1. The molecule has 0 bridgehead atoms. The molecular weight excluding hydrogens is 250 g/mol. The lowest BCUT2D eigenvalue weighted by molar-refractivity contribution is 0.475. The number of hydrazine groups is 1. The first-order valence-corrected chi connectivity index (χ1v) is 6.71. The van der Waals surface area contributed by atoms with Crippen LogP contribution in [0.3, 0.4) is 0 Å². The van der Waals surface area contributed by atoms with Gasteiger partial charge in [-0.2, -0.15) is 0 Å². The molecule has 0 radical (unpaired) electrons. The maximum atomic E-state index is 5.91. The lowest BCUT2D eigenvalue weighted by atomic mass is 9.99. The molecule has 1 unspecified atom stereocenters. The minimum atomic E-state index is -0.166. The highest BCUT2D eigenvalue weighted by atomic mass is 16.3. The number of furan rings is 1. The fourth-order valence-corrected chi connectivity index (χ4v) is 2.48. The molecule has 0 spiro atoms. The Morgan fingerprint density at radius 3 is 2.90 bits per heavy atom. The van der Waals surface area contributed by atoms with Gasteiger partial charge in [0.2, 0.25) is 0 Å². The zero-order valence-electron chi connectivity index (χ0n) is 11.3. The largest absolute Gasteiger partial charge is 0.459 e. The van der Waals surface area contributed by atoms with Crippen molar-refractivity contribution in [2.24, 2.45) is 5.84 Å². The van der Waals surface area contributed by atoms with E-state index in [0.717, 1.165) is 34.3 Å². The lowest BCUT2D eigenvalue weighted by Crippen LogP contribution is -2.29. The van der Waals surface area contributed by atoms with Crippen LogP contribution in [0.15, 0.2) is 53.2 Å². The van der Waals surface area contributed by atoms with Gasteiger partial charge < -0.3 is 4.42 Å². The second kappa shape index (κ2) is 5.45. The van der Waals surface area contributed by atoms with E-state index in [2.05, 4.69) is 17.3 Å². The van der Waals surface area contributed by atoms with Crippen LogP contribution in [0.4, 0.5) is 0 Å². The van der Waals surface area contributed by atoms with Crippen molar-refractivity contribution < 1.29 is 4.42 Å². The second-order valence-corrected chi connectivity index (χ2v) is 4.71. The summed E-state index contributed by atoms with van der Waals surface area (Å²) in [6.45, 7) is 2.10. The third-order valence-electron chi connectivity index (χ3n) is 3.53. The molecule has 1 aromatic carbocycles. The van der Waals surface area contributed by atoms with Crippen molar-refractivity contribution >= 4 is 11.0 Å². The summed E-state index contributed by atoms with van der Waals surface area (Å²) in [5.41, 5.74) is 5.98. The highest BCUT2D eigenvalue weighted by molar-refractivity contribution is 5.78. The Kier molecular flexibility index (Phi) is 3.50. The molecule has 0 fully saturated rings. The number of nitrogens with zero attached hydrogens (tertiary/aromatic N) is 1. The molecule has 0 aliphatic rings. The number of rotatable bonds is 4. The molecule has 3 aromatic rings. The zero-order chi connectivity index (χ0) is 13.9. The Bertz CT molecular complexity index is 687. The van der Waals surface area contributed by atoms with Crippen LogP contribution in [-0.2, 0) is 6.42 Å². The van der Waals surface area contributed by atoms with Gasteiger partial charge in [0.25, 0.3) is 0 Å². The van der Waals surface area contributed by atoms with E-state index in [0.29, 0.717) is 0 Å². The van der Waals surface area contributed by atoms with E-state index in [-0.39, 0.29) is 6.04 Å². The highest BCUT2D eigenvalue weighted by Gasteiger charge is 2.19. The summed E-state index contributed by atoms with van der Waals surface area (Å²) in [6, 6.07) is 11.8. The smallest absolute Gasteiger partial charge is 0.134 e. The molecule has 0 saturated carbocycles. The van der Waals surface area contributed by atoms with Crippen molar-refractivity contribution in [1.29, 1.82) is 0 Å². The van der Waals surface area contributed by atoms with E-state index in [1.54, 1.807) is 6.20 Å². The average molecular weight is 267 g/mol. The molecule has 0 amide bonds. The number of hydrogen-bond acceptors (Lipinski definition) is 4. The summed E-state index contributed by atoms with van der Waals surface area (Å²) >= 11 is 0. The number of para-hydroxylation sites is 1. The molecular formula is C16H17N3O. The number of benzene rings is 1. The van der Waals surface area contributed by atoms with E-state index < -0.39 is 0 Å². The summed E-state index contributed by atoms with van der Waals surface area (Å²) in [5.74, 6) is 6.57. The Labute approximate surface area is 117 Å². The normalized spacial score (nSPS) is 12.7. The molecule has 4 heteroatoms. The fraction of sp³-hybridized carbons (Fsp3) is 0.188. The van der Waals surface area contributed by atoms with Gasteiger partial charge >= 0.3 is 0 Å². The van der Waals surface area contributed by atoms with E-state index in [1.165, 1.54) is 0 Å². The number of hydrogen-bond donors (Lipinski definition) is 2. The molecule has 1 atom stereocenters. The maximum Gasteiger partial charge on any atom is 0.134 e. The predicted octanol–water partition coefficient (Wildman–Crippen LogP) is 2.94. The van der Waals surface area contributed by atoms with Crippen LogP contribution in [0.25, 0.3) is 11.0 Å². The van der Waals surface area contributed by atoms with Crippen molar-refractivity contribution in [3.05, 3.63) is 65.7 Å². The summed E-state index contributed by atoms with van der Waals surface area (Å²) in [5, 5.41) is 1.08. The molecule has 0 aliphatic heterocycles. The lowest BCUT2D eigenvalue weighted by Gasteiger charge is -2.16. The molecule has 2 heterocycles. The van der Waals surface area contributed by atoms with E-state index in [4.69, 9.17) is 10.3 Å². The summed E-state index contributed by atoms with van der Waals surface area (Å²) in [6.07, 6.45) is 4.56. The number of pyridine rings is 1. The van der Waals surface area contributed by atoms with Gasteiger partial charge in [-0.15, -0.1) is 0 Å². The molecule has 3 rings (SSSR count). The molecule has 102 valence electrons. The summed E-state index contributed by atoms with van der Waals surface area (Å²) in [4.78, 5) is 4.17. The van der Waals surface area contributed by atoms with Gasteiger partial charge in [-0.1, -0.05) is 25.1 Å². The first kappa shape index (κ1) is 12.8. The first-order chi connectivity index (χ1) is 9.83. The minimum Gasteiger partial charge on any atom is -0.459 e. The van der Waals surface area contributed by atoms with Crippen LogP contribution in [0.2, 0.25) is 0 Å². The van der Waals surface area contributed by atoms with Gasteiger partial charge in [0, 0.05) is 17.8 Å². The third kappa shape index (κ3) is 2.19. The Morgan fingerprint density at radius 2 is 2.15 bits per heavy atom. The van der Waals surface area contributed by atoms with Crippen LogP contribution >= 0.6 is 0 Å². The molecule has 20 heavy (non-hydrogen) atoms. The standard InChI is InChI=1S/C16H17N3O/c1-2-11-10-18-8-7-13(11)16(19-17)15-9-12-5-3-4-6-14(12)20-15/h3-10,16,19H,2,17H2,1H3. The predicted molar refractivity (Wildman–Crippen MR) is 79.0 cm³/mol. The molecule has 0 saturated heterocycles. The fourth-order valence-electron chi connectivity index (χ4n) is 2.48. The SMILES string of the molecule is CCc1cnccc1C(NN)c1cc2ccccc2o1. The van der Waals surface area contributed by atoms with Gasteiger partial charge in [0.05, 0.1) is 0 Å². The molecule has 2 aromatic heterocycles.